The maximum atomic E-state index is 12.9. The Hall–Kier alpha value is -3.17. The van der Waals surface area contributed by atoms with Crippen LogP contribution >= 0.6 is 11.3 Å². The van der Waals surface area contributed by atoms with E-state index < -0.39 is 27.5 Å². The molecular weight excluding hydrogens is 485 g/mol. The van der Waals surface area contributed by atoms with Gasteiger partial charge in [0.25, 0.3) is 0 Å². The molecule has 0 aliphatic rings. The SMILES string of the molecule is CCOC(=O)c1cc(-c2csc(S(C)(=O)=O)c2)c2ccc(-c3ccc(C(F)(F)F)cc3)cc2c1. The summed E-state index contributed by atoms with van der Waals surface area (Å²) in [6, 6.07) is 15.1. The average molecular weight is 505 g/mol. The largest absolute Gasteiger partial charge is 0.462 e. The normalized spacial score (nSPS) is 12.1. The zero-order valence-corrected chi connectivity index (χ0v) is 19.8. The molecule has 0 radical (unpaired) electrons. The fourth-order valence-corrected chi connectivity index (χ4v) is 5.44. The molecule has 0 saturated carbocycles. The molecule has 3 aromatic carbocycles. The van der Waals surface area contributed by atoms with E-state index in [4.69, 9.17) is 4.74 Å². The first-order valence-corrected chi connectivity index (χ1v) is 13.0. The van der Waals surface area contributed by atoms with Gasteiger partial charge in [0.15, 0.2) is 9.84 Å². The summed E-state index contributed by atoms with van der Waals surface area (Å²) >= 11 is 1.09. The van der Waals surface area contributed by atoms with Crippen LogP contribution in [0, 0.1) is 0 Å². The summed E-state index contributed by atoms with van der Waals surface area (Å²) in [4.78, 5) is 12.5. The number of alkyl halides is 3. The molecule has 0 aliphatic heterocycles. The van der Waals surface area contributed by atoms with Crippen LogP contribution in [0.5, 0.6) is 0 Å². The van der Waals surface area contributed by atoms with Gasteiger partial charge in [-0.3, -0.25) is 0 Å². The van der Waals surface area contributed by atoms with Crippen LogP contribution in [-0.2, 0) is 20.8 Å². The average Bonchev–Trinajstić information content (AvgIpc) is 3.28. The predicted octanol–water partition coefficient (Wildman–Crippen LogP) is 6.83. The van der Waals surface area contributed by atoms with E-state index in [-0.39, 0.29) is 10.8 Å². The number of halogens is 3. The van der Waals surface area contributed by atoms with Crippen LogP contribution in [0.2, 0.25) is 0 Å². The Morgan fingerprint density at radius 2 is 1.62 bits per heavy atom. The lowest BCUT2D eigenvalue weighted by Crippen LogP contribution is -2.05. The van der Waals surface area contributed by atoms with Gasteiger partial charge in [0.05, 0.1) is 17.7 Å². The second-order valence-electron chi connectivity index (χ2n) is 7.68. The van der Waals surface area contributed by atoms with Gasteiger partial charge in [-0.1, -0.05) is 24.3 Å². The number of benzene rings is 3. The zero-order chi connectivity index (χ0) is 24.7. The van der Waals surface area contributed by atoms with Crippen LogP contribution in [0.1, 0.15) is 22.8 Å². The highest BCUT2D eigenvalue weighted by atomic mass is 32.2. The monoisotopic (exact) mass is 504 g/mol. The van der Waals surface area contributed by atoms with Gasteiger partial charge < -0.3 is 4.74 Å². The molecular formula is C25H19F3O4S2. The maximum absolute atomic E-state index is 12.9. The fourth-order valence-electron chi connectivity index (χ4n) is 3.62. The molecule has 1 aromatic heterocycles. The van der Waals surface area contributed by atoms with Gasteiger partial charge in [0, 0.05) is 6.26 Å². The Kier molecular flexibility index (Phi) is 6.26. The number of thiophene rings is 1. The Balaban J connectivity index is 1.87. The molecule has 34 heavy (non-hydrogen) atoms. The van der Waals surface area contributed by atoms with Gasteiger partial charge in [-0.2, -0.15) is 13.2 Å². The quantitative estimate of drug-likeness (QED) is 0.279. The minimum Gasteiger partial charge on any atom is -0.462 e. The predicted molar refractivity (Wildman–Crippen MR) is 127 cm³/mol. The standard InChI is InChI=1S/C25H19F3O4S2/c1-3-32-24(29)18-11-17-10-16(15-4-7-20(8-5-15)25(26,27)28)6-9-21(17)22(12-18)19-13-23(33-14-19)34(2,30)31/h4-14H,3H2,1-2H3. The van der Waals surface area contributed by atoms with Crippen LogP contribution in [0.4, 0.5) is 13.2 Å². The van der Waals surface area contributed by atoms with Crippen molar-refractivity contribution in [1.29, 1.82) is 0 Å². The summed E-state index contributed by atoms with van der Waals surface area (Å²) in [6.07, 6.45) is -3.29. The zero-order valence-electron chi connectivity index (χ0n) is 18.1. The lowest BCUT2D eigenvalue weighted by molar-refractivity contribution is -0.137. The van der Waals surface area contributed by atoms with E-state index in [9.17, 15) is 26.4 Å². The number of sulfone groups is 1. The number of rotatable bonds is 5. The Bertz CT molecular complexity index is 1490. The van der Waals surface area contributed by atoms with E-state index in [1.165, 1.54) is 12.1 Å². The van der Waals surface area contributed by atoms with Crippen LogP contribution in [-0.4, -0.2) is 27.2 Å². The number of fused-ring (bicyclic) bond motifs is 1. The summed E-state index contributed by atoms with van der Waals surface area (Å²) in [7, 11) is -3.39. The number of carbonyl (C=O) groups excluding carboxylic acids is 1. The van der Waals surface area contributed by atoms with E-state index in [0.717, 1.165) is 35.1 Å². The Morgan fingerprint density at radius 1 is 0.941 bits per heavy atom. The van der Waals surface area contributed by atoms with Gasteiger partial charge in [-0.25, -0.2) is 13.2 Å². The van der Waals surface area contributed by atoms with Crippen molar-refractivity contribution in [2.75, 3.05) is 12.9 Å². The van der Waals surface area contributed by atoms with E-state index in [0.29, 0.717) is 33.2 Å². The van der Waals surface area contributed by atoms with Crippen molar-refractivity contribution in [2.45, 2.75) is 17.3 Å². The first kappa shape index (κ1) is 24.0. The second kappa shape index (κ2) is 8.88. The van der Waals surface area contributed by atoms with Crippen LogP contribution in [0.3, 0.4) is 0 Å². The molecule has 4 rings (SSSR count). The van der Waals surface area contributed by atoms with Gasteiger partial charge in [0.2, 0.25) is 0 Å². The van der Waals surface area contributed by atoms with Crippen molar-refractivity contribution in [3.63, 3.8) is 0 Å². The molecule has 0 aliphatic carbocycles. The summed E-state index contributed by atoms with van der Waals surface area (Å²) in [6.45, 7) is 1.88. The number of esters is 1. The molecule has 0 bridgehead atoms. The molecule has 0 amide bonds. The first-order chi connectivity index (χ1) is 16.0. The molecule has 0 atom stereocenters. The molecule has 4 aromatic rings. The Morgan fingerprint density at radius 3 is 2.21 bits per heavy atom. The fraction of sp³-hybridized carbons (Fsp3) is 0.160. The van der Waals surface area contributed by atoms with Crippen LogP contribution in [0.25, 0.3) is 33.0 Å². The molecule has 176 valence electrons. The van der Waals surface area contributed by atoms with Gasteiger partial charge in [-0.05, 0) is 81.7 Å². The van der Waals surface area contributed by atoms with Crippen LogP contribution < -0.4 is 0 Å². The number of ether oxygens (including phenoxy) is 1. The van der Waals surface area contributed by atoms with Crippen LogP contribution in [0.15, 0.2) is 70.3 Å². The highest BCUT2D eigenvalue weighted by Crippen LogP contribution is 2.37. The first-order valence-electron chi connectivity index (χ1n) is 10.2. The molecule has 1 heterocycles. The van der Waals surface area contributed by atoms with Gasteiger partial charge in [-0.15, -0.1) is 11.3 Å². The third-order valence-electron chi connectivity index (χ3n) is 5.26. The summed E-state index contributed by atoms with van der Waals surface area (Å²) in [5, 5.41) is 3.15. The van der Waals surface area contributed by atoms with Gasteiger partial charge >= 0.3 is 12.1 Å². The number of hydrogen-bond donors (Lipinski definition) is 0. The summed E-state index contributed by atoms with van der Waals surface area (Å²) < 4.78 is 68.0. The van der Waals surface area contributed by atoms with Crippen molar-refractivity contribution in [2.24, 2.45) is 0 Å². The smallest absolute Gasteiger partial charge is 0.416 e. The lowest BCUT2D eigenvalue weighted by Gasteiger charge is -2.12. The number of carbonyl (C=O) groups is 1. The Labute approximate surface area is 198 Å². The molecule has 0 unspecified atom stereocenters. The van der Waals surface area contributed by atoms with Gasteiger partial charge in [0.1, 0.15) is 4.21 Å². The van der Waals surface area contributed by atoms with E-state index in [1.54, 1.807) is 42.6 Å². The third kappa shape index (κ3) is 4.85. The van der Waals surface area contributed by atoms with E-state index in [1.807, 2.05) is 6.07 Å². The second-order valence-corrected chi connectivity index (χ2v) is 10.8. The summed E-state index contributed by atoms with van der Waals surface area (Å²) in [5.74, 6) is -0.524. The molecule has 4 nitrogen and oxygen atoms in total. The highest BCUT2D eigenvalue weighted by molar-refractivity contribution is 7.92. The minimum absolute atomic E-state index is 0.189. The molecule has 0 fully saturated rings. The highest BCUT2D eigenvalue weighted by Gasteiger charge is 2.30. The molecule has 0 spiro atoms. The minimum atomic E-state index is -4.42. The van der Waals surface area contributed by atoms with Crippen molar-refractivity contribution < 1.29 is 31.1 Å². The molecule has 0 N–H and O–H groups in total. The molecule has 0 saturated heterocycles. The topological polar surface area (TPSA) is 60.4 Å². The number of hydrogen-bond acceptors (Lipinski definition) is 5. The van der Waals surface area contributed by atoms with Crippen molar-refractivity contribution in [1.82, 2.24) is 0 Å². The maximum Gasteiger partial charge on any atom is 0.416 e. The van der Waals surface area contributed by atoms with Crippen molar-refractivity contribution in [3.8, 4) is 22.3 Å². The summed E-state index contributed by atoms with van der Waals surface area (Å²) in [5.41, 5.74) is 2.13. The lowest BCUT2D eigenvalue weighted by atomic mass is 9.94. The third-order valence-corrected chi connectivity index (χ3v) is 8.03. The van der Waals surface area contributed by atoms with Crippen molar-refractivity contribution >= 4 is 37.9 Å². The van der Waals surface area contributed by atoms with E-state index >= 15 is 0 Å². The van der Waals surface area contributed by atoms with E-state index in [2.05, 4.69) is 0 Å². The van der Waals surface area contributed by atoms with Crippen molar-refractivity contribution in [3.05, 3.63) is 77.2 Å². The molecule has 9 heteroatoms.